The highest BCUT2D eigenvalue weighted by Crippen LogP contribution is 2.28. The third-order valence-corrected chi connectivity index (χ3v) is 3.75. The van der Waals surface area contributed by atoms with E-state index in [4.69, 9.17) is 0 Å². The van der Waals surface area contributed by atoms with E-state index >= 15 is 0 Å². The van der Waals surface area contributed by atoms with Crippen molar-refractivity contribution in [2.45, 2.75) is 6.92 Å². The molecule has 0 bridgehead atoms. The SMILES string of the molecule is CNc1nc(-c2ccc(C)cc2F)nc2ccc(Br)cc12. The van der Waals surface area contributed by atoms with Crippen molar-refractivity contribution in [3.8, 4) is 11.4 Å². The molecule has 21 heavy (non-hydrogen) atoms. The molecular formula is C16H13BrFN3. The fraction of sp³-hybridized carbons (Fsp3) is 0.125. The van der Waals surface area contributed by atoms with Crippen LogP contribution in [0.3, 0.4) is 0 Å². The number of anilines is 1. The van der Waals surface area contributed by atoms with Crippen LogP contribution < -0.4 is 5.32 Å². The van der Waals surface area contributed by atoms with E-state index < -0.39 is 0 Å². The zero-order valence-electron chi connectivity index (χ0n) is 11.6. The smallest absolute Gasteiger partial charge is 0.165 e. The van der Waals surface area contributed by atoms with Gasteiger partial charge in [0.15, 0.2) is 5.82 Å². The van der Waals surface area contributed by atoms with E-state index in [1.807, 2.05) is 31.2 Å². The second kappa shape index (κ2) is 5.41. The molecule has 0 saturated carbocycles. The maximum Gasteiger partial charge on any atom is 0.165 e. The monoisotopic (exact) mass is 345 g/mol. The number of aromatic nitrogens is 2. The van der Waals surface area contributed by atoms with Crippen LogP contribution in [0.5, 0.6) is 0 Å². The lowest BCUT2D eigenvalue weighted by Gasteiger charge is -2.09. The molecule has 0 saturated heterocycles. The van der Waals surface area contributed by atoms with Gasteiger partial charge in [-0.05, 0) is 42.8 Å². The van der Waals surface area contributed by atoms with Crippen molar-refractivity contribution in [1.29, 1.82) is 0 Å². The first kappa shape index (κ1) is 13.9. The summed E-state index contributed by atoms with van der Waals surface area (Å²) in [5, 5.41) is 3.94. The first-order chi connectivity index (χ1) is 10.1. The summed E-state index contributed by atoms with van der Waals surface area (Å²) >= 11 is 3.44. The molecule has 1 heterocycles. The minimum absolute atomic E-state index is 0.312. The lowest BCUT2D eigenvalue weighted by Crippen LogP contribution is -2.00. The van der Waals surface area contributed by atoms with Crippen molar-refractivity contribution in [2.75, 3.05) is 12.4 Å². The molecule has 0 radical (unpaired) electrons. The van der Waals surface area contributed by atoms with E-state index in [1.54, 1.807) is 13.1 Å². The van der Waals surface area contributed by atoms with Crippen molar-refractivity contribution < 1.29 is 4.39 Å². The maximum atomic E-state index is 14.1. The van der Waals surface area contributed by atoms with Crippen LogP contribution in [0.4, 0.5) is 10.2 Å². The summed E-state index contributed by atoms with van der Waals surface area (Å²) < 4.78 is 15.1. The molecule has 0 unspecified atom stereocenters. The van der Waals surface area contributed by atoms with Crippen molar-refractivity contribution in [3.05, 3.63) is 52.3 Å². The molecule has 3 nitrogen and oxygen atoms in total. The Balaban J connectivity index is 2.26. The molecule has 0 fully saturated rings. The Morgan fingerprint density at radius 1 is 1.10 bits per heavy atom. The maximum absolute atomic E-state index is 14.1. The fourth-order valence-corrected chi connectivity index (χ4v) is 2.57. The lowest BCUT2D eigenvalue weighted by atomic mass is 10.1. The van der Waals surface area contributed by atoms with Crippen LogP contribution in [0.2, 0.25) is 0 Å². The Morgan fingerprint density at radius 2 is 1.90 bits per heavy atom. The lowest BCUT2D eigenvalue weighted by molar-refractivity contribution is 0.629. The quantitative estimate of drug-likeness (QED) is 0.740. The molecule has 2 aromatic carbocycles. The summed E-state index contributed by atoms with van der Waals surface area (Å²) in [6.45, 7) is 1.85. The number of rotatable bonds is 2. The predicted octanol–water partition coefficient (Wildman–Crippen LogP) is 4.55. The standard InChI is InChI=1S/C16H13BrFN3/c1-9-3-5-11(13(18)7-9)16-20-14-6-4-10(17)8-12(14)15(19-2)21-16/h3-8H,1-2H3,(H,19,20,21). The third kappa shape index (κ3) is 2.61. The molecule has 3 aromatic rings. The summed E-state index contributed by atoms with van der Waals surface area (Å²) in [7, 11) is 1.79. The number of hydrogen-bond donors (Lipinski definition) is 1. The molecule has 1 N–H and O–H groups in total. The van der Waals surface area contributed by atoms with Crippen molar-refractivity contribution in [2.24, 2.45) is 0 Å². The van der Waals surface area contributed by atoms with E-state index in [0.717, 1.165) is 20.9 Å². The molecule has 0 spiro atoms. The van der Waals surface area contributed by atoms with Crippen LogP contribution in [0, 0.1) is 12.7 Å². The topological polar surface area (TPSA) is 37.8 Å². The van der Waals surface area contributed by atoms with Gasteiger partial charge in [-0.3, -0.25) is 0 Å². The third-order valence-electron chi connectivity index (χ3n) is 3.26. The molecule has 3 rings (SSSR count). The summed E-state index contributed by atoms with van der Waals surface area (Å²) in [6.07, 6.45) is 0. The molecule has 0 aliphatic carbocycles. The van der Waals surface area contributed by atoms with E-state index in [1.165, 1.54) is 6.07 Å². The second-order valence-electron chi connectivity index (χ2n) is 4.79. The first-order valence-electron chi connectivity index (χ1n) is 6.50. The predicted molar refractivity (Wildman–Crippen MR) is 86.9 cm³/mol. The highest BCUT2D eigenvalue weighted by Gasteiger charge is 2.12. The summed E-state index contributed by atoms with van der Waals surface area (Å²) in [5.41, 5.74) is 2.05. The van der Waals surface area contributed by atoms with Gasteiger partial charge in [0.25, 0.3) is 0 Å². The number of hydrogen-bond acceptors (Lipinski definition) is 3. The van der Waals surface area contributed by atoms with E-state index in [9.17, 15) is 4.39 Å². The Hall–Kier alpha value is -2.01. The molecule has 106 valence electrons. The van der Waals surface area contributed by atoms with Gasteiger partial charge in [-0.15, -0.1) is 0 Å². The number of benzene rings is 2. The fourth-order valence-electron chi connectivity index (χ4n) is 2.21. The normalized spacial score (nSPS) is 10.9. The molecule has 1 aromatic heterocycles. The zero-order chi connectivity index (χ0) is 15.0. The van der Waals surface area contributed by atoms with Crippen molar-refractivity contribution >= 4 is 32.7 Å². The van der Waals surface area contributed by atoms with Gasteiger partial charge >= 0.3 is 0 Å². The van der Waals surface area contributed by atoms with Gasteiger partial charge in [-0.25, -0.2) is 14.4 Å². The zero-order valence-corrected chi connectivity index (χ0v) is 13.2. The van der Waals surface area contributed by atoms with Crippen LogP contribution in [-0.4, -0.2) is 17.0 Å². The Morgan fingerprint density at radius 3 is 2.62 bits per heavy atom. The number of aryl methyl sites for hydroxylation is 1. The van der Waals surface area contributed by atoms with Crippen LogP contribution in [0.15, 0.2) is 40.9 Å². The summed E-state index contributed by atoms with van der Waals surface area (Å²) in [6, 6.07) is 10.8. The van der Waals surface area contributed by atoms with Crippen LogP contribution in [-0.2, 0) is 0 Å². The van der Waals surface area contributed by atoms with Gasteiger partial charge < -0.3 is 5.32 Å². The van der Waals surface area contributed by atoms with Gasteiger partial charge in [-0.1, -0.05) is 22.0 Å². The minimum atomic E-state index is -0.312. The molecular weight excluding hydrogens is 333 g/mol. The van der Waals surface area contributed by atoms with E-state index in [-0.39, 0.29) is 5.82 Å². The highest BCUT2D eigenvalue weighted by molar-refractivity contribution is 9.10. The number of nitrogens with one attached hydrogen (secondary N) is 1. The molecule has 0 aliphatic rings. The van der Waals surface area contributed by atoms with Gasteiger partial charge in [0.1, 0.15) is 11.6 Å². The van der Waals surface area contributed by atoms with Crippen molar-refractivity contribution in [1.82, 2.24) is 9.97 Å². The van der Waals surface area contributed by atoms with Crippen LogP contribution in [0.1, 0.15) is 5.56 Å². The minimum Gasteiger partial charge on any atom is -0.373 e. The van der Waals surface area contributed by atoms with E-state index in [2.05, 4.69) is 31.2 Å². The van der Waals surface area contributed by atoms with Crippen LogP contribution >= 0.6 is 15.9 Å². The largest absolute Gasteiger partial charge is 0.373 e. The molecule has 5 heteroatoms. The number of fused-ring (bicyclic) bond motifs is 1. The van der Waals surface area contributed by atoms with Crippen LogP contribution in [0.25, 0.3) is 22.3 Å². The average molecular weight is 346 g/mol. The van der Waals surface area contributed by atoms with Gasteiger partial charge in [0.05, 0.1) is 11.1 Å². The molecule has 0 aliphatic heterocycles. The molecule has 0 amide bonds. The first-order valence-corrected chi connectivity index (χ1v) is 7.29. The summed E-state index contributed by atoms with van der Waals surface area (Å²) in [5.74, 6) is 0.747. The van der Waals surface area contributed by atoms with Gasteiger partial charge in [0, 0.05) is 16.9 Å². The Kier molecular flexibility index (Phi) is 3.59. The molecule has 0 atom stereocenters. The Labute approximate surface area is 130 Å². The second-order valence-corrected chi connectivity index (χ2v) is 5.71. The highest BCUT2D eigenvalue weighted by atomic mass is 79.9. The van der Waals surface area contributed by atoms with Gasteiger partial charge in [-0.2, -0.15) is 0 Å². The average Bonchev–Trinajstić information content (AvgIpc) is 2.46. The number of nitrogens with zero attached hydrogens (tertiary/aromatic N) is 2. The van der Waals surface area contributed by atoms with E-state index in [0.29, 0.717) is 17.2 Å². The van der Waals surface area contributed by atoms with Gasteiger partial charge in [0.2, 0.25) is 0 Å². The van der Waals surface area contributed by atoms with Crippen molar-refractivity contribution in [3.63, 3.8) is 0 Å². The summed E-state index contributed by atoms with van der Waals surface area (Å²) in [4.78, 5) is 8.91. The Bertz CT molecular complexity index is 833. The number of halogens is 2.